The Morgan fingerprint density at radius 2 is 2.08 bits per heavy atom. The van der Waals surface area contributed by atoms with Crippen LogP contribution in [0.15, 0.2) is 36.4 Å². The first-order valence-corrected chi connectivity index (χ1v) is 9.15. The number of hydrogen-bond acceptors (Lipinski definition) is 3. The Morgan fingerprint density at radius 1 is 1.27 bits per heavy atom. The first-order valence-electron chi connectivity index (χ1n) is 8.77. The normalized spacial score (nSPS) is 11.0. The van der Waals surface area contributed by atoms with E-state index in [-0.39, 0.29) is 11.7 Å². The largest absolute Gasteiger partial charge is 0.507 e. The van der Waals surface area contributed by atoms with Gasteiger partial charge in [-0.2, -0.15) is 5.10 Å². The molecule has 0 aliphatic rings. The number of amides is 1. The molecule has 0 bridgehead atoms. The molecule has 1 amide bonds. The number of nitrogens with zero attached hydrogens (tertiary/aromatic N) is 2. The number of aromatic hydroxyl groups is 1. The Hall–Kier alpha value is -2.53. The molecule has 1 aromatic heterocycles. The number of fused-ring (bicyclic) bond motifs is 1. The quantitative estimate of drug-likeness (QED) is 0.675. The van der Waals surface area contributed by atoms with Gasteiger partial charge in [-0.05, 0) is 37.1 Å². The molecular formula is C20H22ClN3O2. The van der Waals surface area contributed by atoms with Crippen molar-refractivity contribution in [2.24, 2.45) is 0 Å². The number of halogens is 1. The van der Waals surface area contributed by atoms with E-state index >= 15 is 0 Å². The van der Waals surface area contributed by atoms with E-state index in [4.69, 9.17) is 11.6 Å². The molecule has 1 heterocycles. The fraction of sp³-hybridized carbons (Fsp3) is 0.300. The van der Waals surface area contributed by atoms with E-state index in [0.717, 1.165) is 23.1 Å². The molecule has 26 heavy (non-hydrogen) atoms. The average molecular weight is 372 g/mol. The zero-order chi connectivity index (χ0) is 18.7. The van der Waals surface area contributed by atoms with Gasteiger partial charge in [0.15, 0.2) is 0 Å². The van der Waals surface area contributed by atoms with E-state index in [2.05, 4.69) is 10.2 Å². The Balaban J connectivity index is 1.99. The predicted octanol–water partition coefficient (Wildman–Crippen LogP) is 4.38. The lowest BCUT2D eigenvalue weighted by Gasteiger charge is -2.20. The van der Waals surface area contributed by atoms with Gasteiger partial charge in [0.1, 0.15) is 5.75 Å². The Kier molecular flexibility index (Phi) is 5.47. The molecule has 0 radical (unpaired) electrons. The molecule has 0 saturated heterocycles. The van der Waals surface area contributed by atoms with E-state index in [1.807, 2.05) is 38.1 Å². The minimum Gasteiger partial charge on any atom is -0.507 e. The third-order valence-corrected chi connectivity index (χ3v) is 4.65. The number of carbonyl (C=O) groups excluding carboxylic acids is 1. The van der Waals surface area contributed by atoms with Crippen molar-refractivity contribution in [1.29, 1.82) is 0 Å². The summed E-state index contributed by atoms with van der Waals surface area (Å²) in [5.41, 5.74) is 2.87. The van der Waals surface area contributed by atoms with Crippen molar-refractivity contribution in [3.8, 4) is 5.75 Å². The summed E-state index contributed by atoms with van der Waals surface area (Å²) >= 11 is 6.06. The van der Waals surface area contributed by atoms with Crippen LogP contribution < -0.4 is 0 Å². The number of benzene rings is 2. The molecule has 5 nitrogen and oxygen atoms in total. The van der Waals surface area contributed by atoms with Crippen molar-refractivity contribution in [3.05, 3.63) is 58.2 Å². The van der Waals surface area contributed by atoms with Crippen LogP contribution in [0.4, 0.5) is 0 Å². The van der Waals surface area contributed by atoms with E-state index in [0.29, 0.717) is 35.6 Å². The minimum atomic E-state index is -0.163. The van der Waals surface area contributed by atoms with Gasteiger partial charge in [0.05, 0.1) is 11.1 Å². The smallest absolute Gasteiger partial charge is 0.257 e. The Morgan fingerprint density at radius 3 is 2.77 bits per heavy atom. The molecular weight excluding hydrogens is 350 g/mol. The second kappa shape index (κ2) is 7.79. The number of phenols is 1. The van der Waals surface area contributed by atoms with Gasteiger partial charge in [-0.1, -0.05) is 30.7 Å². The van der Waals surface area contributed by atoms with Crippen molar-refractivity contribution >= 4 is 28.4 Å². The fourth-order valence-corrected chi connectivity index (χ4v) is 3.31. The first kappa shape index (κ1) is 18.3. The molecule has 0 atom stereocenters. The van der Waals surface area contributed by atoms with Gasteiger partial charge in [0.2, 0.25) is 0 Å². The third kappa shape index (κ3) is 3.68. The molecule has 3 aromatic rings. The summed E-state index contributed by atoms with van der Waals surface area (Å²) in [6.45, 7) is 5.22. The van der Waals surface area contributed by atoms with Gasteiger partial charge < -0.3 is 10.0 Å². The molecule has 6 heteroatoms. The predicted molar refractivity (Wildman–Crippen MR) is 104 cm³/mol. The maximum atomic E-state index is 12.8. The second-order valence-electron chi connectivity index (χ2n) is 6.28. The highest BCUT2D eigenvalue weighted by atomic mass is 35.5. The zero-order valence-electron chi connectivity index (χ0n) is 14.9. The summed E-state index contributed by atoms with van der Waals surface area (Å²) in [7, 11) is 0. The van der Waals surface area contributed by atoms with Gasteiger partial charge in [0, 0.05) is 41.7 Å². The Bertz CT molecular complexity index is 936. The van der Waals surface area contributed by atoms with Crippen molar-refractivity contribution in [2.45, 2.75) is 26.7 Å². The lowest BCUT2D eigenvalue weighted by atomic mass is 10.0. The van der Waals surface area contributed by atoms with Crippen LogP contribution in [0, 0.1) is 0 Å². The van der Waals surface area contributed by atoms with E-state index in [1.54, 1.807) is 17.0 Å². The molecule has 3 rings (SSSR count). The van der Waals surface area contributed by atoms with E-state index in [9.17, 15) is 9.90 Å². The van der Waals surface area contributed by atoms with Crippen LogP contribution >= 0.6 is 11.6 Å². The molecule has 0 fully saturated rings. The van der Waals surface area contributed by atoms with Gasteiger partial charge in [-0.15, -0.1) is 0 Å². The average Bonchev–Trinajstić information content (AvgIpc) is 3.00. The maximum Gasteiger partial charge on any atom is 0.257 e. The first-order chi connectivity index (χ1) is 12.5. The van der Waals surface area contributed by atoms with Gasteiger partial charge in [-0.3, -0.25) is 9.89 Å². The number of hydrogen-bond donors (Lipinski definition) is 2. The van der Waals surface area contributed by atoms with Crippen LogP contribution in [0.1, 0.15) is 41.9 Å². The summed E-state index contributed by atoms with van der Waals surface area (Å²) in [5, 5.41) is 19.1. The maximum absolute atomic E-state index is 12.8. The SMILES string of the molecule is CCCN(CC)C(=O)c1cc2c(Cc3cccc(Cl)c3)[nH]nc2cc1O. The second-order valence-corrected chi connectivity index (χ2v) is 6.72. The molecule has 0 aliphatic heterocycles. The summed E-state index contributed by atoms with van der Waals surface area (Å²) in [6, 6.07) is 10.9. The van der Waals surface area contributed by atoms with Gasteiger partial charge in [-0.25, -0.2) is 0 Å². The number of aromatic amines is 1. The molecule has 2 N–H and O–H groups in total. The van der Waals surface area contributed by atoms with Crippen molar-refractivity contribution < 1.29 is 9.90 Å². The van der Waals surface area contributed by atoms with E-state index in [1.165, 1.54) is 0 Å². The molecule has 0 unspecified atom stereocenters. The lowest BCUT2D eigenvalue weighted by molar-refractivity contribution is 0.0761. The van der Waals surface area contributed by atoms with Gasteiger partial charge >= 0.3 is 0 Å². The summed E-state index contributed by atoms with van der Waals surface area (Å²) in [5.74, 6) is -0.207. The number of nitrogens with one attached hydrogen (secondary N) is 1. The minimum absolute atomic E-state index is 0.0436. The van der Waals surface area contributed by atoms with Crippen LogP contribution in [-0.4, -0.2) is 39.2 Å². The molecule has 136 valence electrons. The molecule has 0 saturated carbocycles. The molecule has 0 aliphatic carbocycles. The molecule has 0 spiro atoms. The zero-order valence-corrected chi connectivity index (χ0v) is 15.7. The third-order valence-electron chi connectivity index (χ3n) is 4.41. The van der Waals surface area contributed by atoms with Crippen LogP contribution in [0.5, 0.6) is 5.75 Å². The topological polar surface area (TPSA) is 69.2 Å². The number of H-pyrrole nitrogens is 1. The van der Waals surface area contributed by atoms with Crippen LogP contribution in [0.3, 0.4) is 0 Å². The van der Waals surface area contributed by atoms with Crippen molar-refractivity contribution in [2.75, 3.05) is 13.1 Å². The lowest BCUT2D eigenvalue weighted by Crippen LogP contribution is -2.31. The monoisotopic (exact) mass is 371 g/mol. The number of phenolic OH excluding ortho intramolecular Hbond substituents is 1. The van der Waals surface area contributed by atoms with E-state index < -0.39 is 0 Å². The summed E-state index contributed by atoms with van der Waals surface area (Å²) < 4.78 is 0. The number of aromatic nitrogens is 2. The highest BCUT2D eigenvalue weighted by Gasteiger charge is 2.20. The standard InChI is InChI=1S/C20H22ClN3O2/c1-3-8-24(4-2)20(26)16-11-15-17(22-23-18(15)12-19(16)25)10-13-6-5-7-14(21)9-13/h5-7,9,11-12,25H,3-4,8,10H2,1-2H3,(H,22,23). The summed E-state index contributed by atoms with van der Waals surface area (Å²) in [4.78, 5) is 14.5. The molecule has 2 aromatic carbocycles. The Labute approximate surface area is 157 Å². The highest BCUT2D eigenvalue weighted by Crippen LogP contribution is 2.28. The van der Waals surface area contributed by atoms with Gasteiger partial charge in [0.25, 0.3) is 5.91 Å². The van der Waals surface area contributed by atoms with Crippen LogP contribution in [-0.2, 0) is 6.42 Å². The van der Waals surface area contributed by atoms with Crippen LogP contribution in [0.2, 0.25) is 5.02 Å². The van der Waals surface area contributed by atoms with Crippen molar-refractivity contribution in [3.63, 3.8) is 0 Å². The highest BCUT2D eigenvalue weighted by molar-refractivity contribution is 6.30. The van der Waals surface area contributed by atoms with Crippen molar-refractivity contribution in [1.82, 2.24) is 15.1 Å². The summed E-state index contributed by atoms with van der Waals surface area (Å²) in [6.07, 6.45) is 1.48. The van der Waals surface area contributed by atoms with Crippen LogP contribution in [0.25, 0.3) is 10.9 Å². The fourth-order valence-electron chi connectivity index (χ4n) is 3.10. The number of rotatable bonds is 6. The number of carbonyl (C=O) groups is 1.